The van der Waals surface area contributed by atoms with E-state index in [-0.39, 0.29) is 19.6 Å². The number of amides is 8. The van der Waals surface area contributed by atoms with Crippen LogP contribution in [0.2, 0.25) is 0 Å². The summed E-state index contributed by atoms with van der Waals surface area (Å²) in [5.74, 6) is -4.88. The molecular weight excluding hydrogens is 448 g/mol. The molecule has 1 aromatic rings. The van der Waals surface area contributed by atoms with Crippen molar-refractivity contribution >= 4 is 35.7 Å². The second kappa shape index (κ2) is 7.02. The van der Waals surface area contributed by atoms with E-state index < -0.39 is 52.9 Å². The molecule has 1 aliphatic carbocycles. The molecule has 34 heavy (non-hydrogen) atoms. The number of barbiturate groups is 2. The summed E-state index contributed by atoms with van der Waals surface area (Å²) in [4.78, 5) is 82.0. The van der Waals surface area contributed by atoms with Gasteiger partial charge in [-0.25, -0.2) is 9.59 Å². The fourth-order valence-corrected chi connectivity index (χ4v) is 5.46. The van der Waals surface area contributed by atoms with Gasteiger partial charge < -0.3 is 9.47 Å². The summed E-state index contributed by atoms with van der Waals surface area (Å²) < 4.78 is 10.9. The van der Waals surface area contributed by atoms with Crippen LogP contribution in [0.15, 0.2) is 12.1 Å². The van der Waals surface area contributed by atoms with Gasteiger partial charge in [-0.3, -0.25) is 38.8 Å². The van der Waals surface area contributed by atoms with Crippen molar-refractivity contribution in [2.75, 3.05) is 35.0 Å². The van der Waals surface area contributed by atoms with Crippen molar-refractivity contribution in [1.82, 2.24) is 19.6 Å². The van der Waals surface area contributed by atoms with E-state index in [4.69, 9.17) is 9.47 Å². The quantitative estimate of drug-likeness (QED) is 0.517. The maximum absolute atomic E-state index is 13.7. The fourth-order valence-electron chi connectivity index (χ4n) is 5.46. The average Bonchev–Trinajstić information content (AvgIpc) is 3.28. The van der Waals surface area contributed by atoms with E-state index in [2.05, 4.69) is 0 Å². The van der Waals surface area contributed by atoms with Crippen molar-refractivity contribution < 1.29 is 38.2 Å². The van der Waals surface area contributed by atoms with E-state index in [0.29, 0.717) is 22.6 Å². The van der Waals surface area contributed by atoms with Gasteiger partial charge in [0.15, 0.2) is 11.5 Å². The normalized spacial score (nSPS) is 24.5. The first kappa shape index (κ1) is 21.9. The van der Waals surface area contributed by atoms with Crippen LogP contribution < -0.4 is 9.47 Å². The SMILES string of the molecule is CN1C(=O)C([C@@H]2Cc3cc4c(cc3CC23C(=O)N(C)C(=O)N(C)C3=O)OCO4)C(=O)N(C)C1=O. The van der Waals surface area contributed by atoms with Crippen LogP contribution in [-0.4, -0.2) is 90.3 Å². The molecule has 178 valence electrons. The number of carbonyl (C=O) groups is 6. The monoisotopic (exact) mass is 470 g/mol. The molecule has 4 aliphatic rings. The van der Waals surface area contributed by atoms with Crippen LogP contribution in [-0.2, 0) is 32.0 Å². The van der Waals surface area contributed by atoms with Gasteiger partial charge in [0, 0.05) is 34.1 Å². The number of carbonyl (C=O) groups excluding carboxylic acids is 6. The molecule has 1 spiro atoms. The van der Waals surface area contributed by atoms with Gasteiger partial charge in [-0.2, -0.15) is 0 Å². The lowest BCUT2D eigenvalue weighted by atomic mass is 9.57. The van der Waals surface area contributed by atoms with E-state index in [1.54, 1.807) is 12.1 Å². The maximum atomic E-state index is 13.7. The summed E-state index contributed by atoms with van der Waals surface area (Å²) in [7, 11) is 5.00. The topological polar surface area (TPSA) is 134 Å². The Labute approximate surface area is 193 Å². The predicted octanol–water partition coefficient (Wildman–Crippen LogP) is -0.166. The Bertz CT molecular complexity index is 1160. The number of rotatable bonds is 1. The molecule has 2 saturated heterocycles. The Hall–Kier alpha value is -3.96. The van der Waals surface area contributed by atoms with Crippen molar-refractivity contribution in [1.29, 1.82) is 0 Å². The van der Waals surface area contributed by atoms with E-state index in [1.165, 1.54) is 28.2 Å². The molecule has 5 rings (SSSR count). The molecule has 1 aromatic carbocycles. The Morgan fingerprint density at radius 3 is 1.74 bits per heavy atom. The van der Waals surface area contributed by atoms with Gasteiger partial charge >= 0.3 is 12.1 Å². The summed E-state index contributed by atoms with van der Waals surface area (Å²) in [5, 5.41) is 0. The number of nitrogens with zero attached hydrogens (tertiary/aromatic N) is 4. The summed E-state index contributed by atoms with van der Waals surface area (Å²) in [6.45, 7) is 0.0158. The molecule has 3 aliphatic heterocycles. The van der Waals surface area contributed by atoms with Crippen molar-refractivity contribution in [3.05, 3.63) is 23.3 Å². The van der Waals surface area contributed by atoms with E-state index >= 15 is 0 Å². The second-order valence-electron chi connectivity index (χ2n) is 9.00. The lowest BCUT2D eigenvalue weighted by molar-refractivity contribution is -0.168. The first-order valence-corrected chi connectivity index (χ1v) is 10.6. The summed E-state index contributed by atoms with van der Waals surface area (Å²) in [6.07, 6.45) is -0.154. The minimum Gasteiger partial charge on any atom is -0.454 e. The molecule has 0 N–H and O–H groups in total. The number of ether oxygens (including phenoxy) is 2. The highest BCUT2D eigenvalue weighted by molar-refractivity contribution is 6.21. The highest BCUT2D eigenvalue weighted by atomic mass is 16.7. The molecule has 0 unspecified atom stereocenters. The Morgan fingerprint density at radius 1 is 0.735 bits per heavy atom. The number of imide groups is 4. The minimum absolute atomic E-state index is 0.00264. The largest absolute Gasteiger partial charge is 0.454 e. The zero-order chi connectivity index (χ0) is 24.7. The Kier molecular flexibility index (Phi) is 4.51. The second-order valence-corrected chi connectivity index (χ2v) is 9.00. The Balaban J connectivity index is 1.72. The van der Waals surface area contributed by atoms with Crippen LogP contribution in [0.5, 0.6) is 11.5 Å². The Morgan fingerprint density at radius 2 is 1.21 bits per heavy atom. The molecule has 8 amide bonds. The molecule has 2 fully saturated rings. The van der Waals surface area contributed by atoms with E-state index in [0.717, 1.165) is 19.6 Å². The molecule has 0 aromatic heterocycles. The fraction of sp³-hybridized carbons (Fsp3) is 0.455. The molecule has 3 heterocycles. The minimum atomic E-state index is -1.91. The van der Waals surface area contributed by atoms with Crippen LogP contribution in [0.25, 0.3) is 0 Å². The summed E-state index contributed by atoms with van der Waals surface area (Å²) >= 11 is 0. The molecular formula is C22H22N4O8. The molecule has 0 saturated carbocycles. The highest BCUT2D eigenvalue weighted by Crippen LogP contribution is 2.51. The summed E-state index contributed by atoms with van der Waals surface area (Å²) in [5.41, 5.74) is -0.604. The zero-order valence-corrected chi connectivity index (χ0v) is 19.0. The van der Waals surface area contributed by atoms with Crippen LogP contribution in [0.1, 0.15) is 11.1 Å². The summed E-state index contributed by atoms with van der Waals surface area (Å²) in [6, 6.07) is 1.79. The van der Waals surface area contributed by atoms with Crippen LogP contribution >= 0.6 is 0 Å². The van der Waals surface area contributed by atoms with Crippen molar-refractivity contribution in [2.24, 2.45) is 17.3 Å². The van der Waals surface area contributed by atoms with Crippen molar-refractivity contribution in [2.45, 2.75) is 12.8 Å². The predicted molar refractivity (Wildman–Crippen MR) is 111 cm³/mol. The molecule has 0 radical (unpaired) electrons. The lowest BCUT2D eigenvalue weighted by Crippen LogP contribution is -2.70. The highest BCUT2D eigenvalue weighted by Gasteiger charge is 2.66. The number of benzene rings is 1. The smallest absolute Gasteiger partial charge is 0.332 e. The molecule has 12 nitrogen and oxygen atoms in total. The van der Waals surface area contributed by atoms with E-state index in [1.807, 2.05) is 0 Å². The third-order valence-corrected chi connectivity index (χ3v) is 7.35. The number of hydrogen-bond donors (Lipinski definition) is 0. The number of fused-ring (bicyclic) bond motifs is 2. The average molecular weight is 470 g/mol. The van der Waals surface area contributed by atoms with Crippen LogP contribution in [0.4, 0.5) is 9.59 Å². The van der Waals surface area contributed by atoms with Crippen LogP contribution in [0, 0.1) is 17.3 Å². The lowest BCUT2D eigenvalue weighted by Gasteiger charge is -2.51. The molecule has 0 bridgehead atoms. The van der Waals surface area contributed by atoms with Gasteiger partial charge in [-0.15, -0.1) is 0 Å². The van der Waals surface area contributed by atoms with Gasteiger partial charge in [0.05, 0.1) is 0 Å². The number of urea groups is 2. The van der Waals surface area contributed by atoms with Gasteiger partial charge in [0.2, 0.25) is 30.4 Å². The van der Waals surface area contributed by atoms with Gasteiger partial charge in [0.25, 0.3) is 0 Å². The number of hydrogen-bond acceptors (Lipinski definition) is 8. The third kappa shape index (κ3) is 2.59. The van der Waals surface area contributed by atoms with E-state index in [9.17, 15) is 28.8 Å². The maximum Gasteiger partial charge on any atom is 0.332 e. The van der Waals surface area contributed by atoms with Crippen LogP contribution in [0.3, 0.4) is 0 Å². The third-order valence-electron chi connectivity index (χ3n) is 7.35. The first-order chi connectivity index (χ1) is 16.0. The van der Waals surface area contributed by atoms with Crippen molar-refractivity contribution in [3.63, 3.8) is 0 Å². The van der Waals surface area contributed by atoms with Crippen molar-refractivity contribution in [3.8, 4) is 11.5 Å². The first-order valence-electron chi connectivity index (χ1n) is 10.6. The molecule has 12 heteroatoms. The molecule has 1 atom stereocenters. The standard InChI is InChI=1S/C22H22N4O8/c1-23-16(27)15(17(28)24(2)20(23)31)12-5-10-6-13-14(34-9-33-13)7-11(10)8-22(12)18(29)25(3)21(32)26(4)19(22)30/h6-7,12,15H,5,8-9H2,1-4H3/t12-/m0/s1. The zero-order valence-electron chi connectivity index (χ0n) is 19.0. The van der Waals surface area contributed by atoms with Gasteiger partial charge in [-0.1, -0.05) is 0 Å². The van der Waals surface area contributed by atoms with Gasteiger partial charge in [0.1, 0.15) is 11.3 Å². The van der Waals surface area contributed by atoms with Gasteiger partial charge in [-0.05, 0) is 36.1 Å².